The Balaban J connectivity index is 2.47. The van der Waals surface area contributed by atoms with Gasteiger partial charge in [0.1, 0.15) is 12.7 Å². The smallest absolute Gasteiger partial charge is 0.275 e. The van der Waals surface area contributed by atoms with Gasteiger partial charge in [-0.25, -0.2) is 0 Å². The van der Waals surface area contributed by atoms with Gasteiger partial charge in [-0.3, -0.25) is 10.1 Å². The number of nitrogens with zero attached hydrogens (tertiary/aromatic N) is 1. The van der Waals surface area contributed by atoms with E-state index in [1.54, 1.807) is 18.2 Å². The average Bonchev–Trinajstić information content (AvgIpc) is 2.49. The minimum Gasteiger partial charge on any atom is -0.356 e. The fraction of sp³-hybridized carbons (Fsp3) is 0.125. The van der Waals surface area contributed by atoms with Gasteiger partial charge in [0.15, 0.2) is 0 Å². The molecule has 1 unspecified atom stereocenters. The molecule has 0 saturated carbocycles. The Bertz CT molecular complexity index is 632. The second-order valence-corrected chi connectivity index (χ2v) is 4.12. The second kappa shape index (κ2) is 6.50. The average molecular weight is 267 g/mol. The SMILES string of the molecule is C#CCOC(c1ccccc1)c1ccccc1[N+](=O)[O-]. The van der Waals surface area contributed by atoms with Crippen LogP contribution < -0.4 is 0 Å². The van der Waals surface area contributed by atoms with Crippen molar-refractivity contribution in [2.75, 3.05) is 6.61 Å². The highest BCUT2D eigenvalue weighted by Crippen LogP contribution is 2.32. The summed E-state index contributed by atoms with van der Waals surface area (Å²) >= 11 is 0. The molecule has 2 aromatic rings. The summed E-state index contributed by atoms with van der Waals surface area (Å²) in [6, 6.07) is 15.8. The summed E-state index contributed by atoms with van der Waals surface area (Å²) in [6.07, 6.45) is 4.67. The summed E-state index contributed by atoms with van der Waals surface area (Å²) < 4.78 is 5.61. The third kappa shape index (κ3) is 3.02. The Morgan fingerprint density at radius 3 is 2.45 bits per heavy atom. The number of rotatable bonds is 5. The number of benzene rings is 2. The molecule has 4 heteroatoms. The Labute approximate surface area is 117 Å². The molecule has 0 heterocycles. The first-order chi connectivity index (χ1) is 9.74. The third-order valence-corrected chi connectivity index (χ3v) is 2.85. The third-order valence-electron chi connectivity index (χ3n) is 2.85. The molecule has 0 aromatic heterocycles. The minimum atomic E-state index is -0.547. The molecule has 2 rings (SSSR count). The van der Waals surface area contributed by atoms with Gasteiger partial charge in [0.25, 0.3) is 5.69 Å². The predicted molar refractivity (Wildman–Crippen MR) is 76.2 cm³/mol. The quantitative estimate of drug-likeness (QED) is 0.474. The first-order valence-corrected chi connectivity index (χ1v) is 6.07. The number of ether oxygens (including phenoxy) is 1. The van der Waals surface area contributed by atoms with Gasteiger partial charge in [0.05, 0.1) is 10.5 Å². The van der Waals surface area contributed by atoms with Gasteiger partial charge in [-0.15, -0.1) is 6.42 Å². The van der Waals surface area contributed by atoms with Crippen LogP contribution in [0.25, 0.3) is 0 Å². The maximum absolute atomic E-state index is 11.1. The molecule has 4 nitrogen and oxygen atoms in total. The van der Waals surface area contributed by atoms with E-state index in [-0.39, 0.29) is 12.3 Å². The molecular formula is C16H13NO3. The van der Waals surface area contributed by atoms with E-state index in [1.165, 1.54) is 6.07 Å². The van der Waals surface area contributed by atoms with Crippen molar-refractivity contribution in [1.29, 1.82) is 0 Å². The number of nitro benzene ring substituents is 1. The van der Waals surface area contributed by atoms with Crippen LogP contribution in [0.3, 0.4) is 0 Å². The maximum Gasteiger partial charge on any atom is 0.275 e. The molecule has 0 aliphatic heterocycles. The number of para-hydroxylation sites is 1. The van der Waals surface area contributed by atoms with Crippen molar-refractivity contribution in [2.24, 2.45) is 0 Å². The molecule has 0 fully saturated rings. The zero-order valence-electron chi connectivity index (χ0n) is 10.7. The van der Waals surface area contributed by atoms with Gasteiger partial charge in [0.2, 0.25) is 0 Å². The fourth-order valence-electron chi connectivity index (χ4n) is 2.00. The van der Waals surface area contributed by atoms with Crippen LogP contribution in [0.15, 0.2) is 54.6 Å². The largest absolute Gasteiger partial charge is 0.356 e. The Hall–Kier alpha value is -2.64. The highest BCUT2D eigenvalue weighted by atomic mass is 16.6. The standard InChI is InChI=1S/C16H13NO3/c1-2-12-20-16(13-8-4-3-5-9-13)14-10-6-7-11-15(14)17(18)19/h1,3-11,16H,12H2. The van der Waals surface area contributed by atoms with Crippen LogP contribution in [0.5, 0.6) is 0 Å². The summed E-state index contributed by atoms with van der Waals surface area (Å²) in [7, 11) is 0. The minimum absolute atomic E-state index is 0.0263. The van der Waals surface area contributed by atoms with Crippen molar-refractivity contribution >= 4 is 5.69 Å². The van der Waals surface area contributed by atoms with Crippen molar-refractivity contribution in [1.82, 2.24) is 0 Å². The summed E-state index contributed by atoms with van der Waals surface area (Å²) in [5.41, 5.74) is 1.36. The molecule has 0 saturated heterocycles. The summed E-state index contributed by atoms with van der Waals surface area (Å²) in [5, 5.41) is 11.1. The van der Waals surface area contributed by atoms with Crippen molar-refractivity contribution in [2.45, 2.75) is 6.10 Å². The second-order valence-electron chi connectivity index (χ2n) is 4.12. The van der Waals surface area contributed by atoms with E-state index < -0.39 is 11.0 Å². The van der Waals surface area contributed by atoms with E-state index in [0.717, 1.165) is 5.56 Å². The monoisotopic (exact) mass is 267 g/mol. The van der Waals surface area contributed by atoms with Crippen molar-refractivity contribution in [3.8, 4) is 12.3 Å². The molecular weight excluding hydrogens is 254 g/mol. The maximum atomic E-state index is 11.1. The van der Waals surface area contributed by atoms with Gasteiger partial charge in [0, 0.05) is 6.07 Å². The highest BCUT2D eigenvalue weighted by molar-refractivity contribution is 5.45. The molecule has 20 heavy (non-hydrogen) atoms. The van der Waals surface area contributed by atoms with E-state index in [1.807, 2.05) is 30.3 Å². The number of nitro groups is 1. The van der Waals surface area contributed by atoms with Crippen LogP contribution in [0.2, 0.25) is 0 Å². The van der Waals surface area contributed by atoms with Crippen LogP contribution in [0, 0.1) is 22.5 Å². The Morgan fingerprint density at radius 1 is 1.15 bits per heavy atom. The molecule has 0 N–H and O–H groups in total. The van der Waals surface area contributed by atoms with Crippen LogP contribution in [-0.4, -0.2) is 11.5 Å². The zero-order chi connectivity index (χ0) is 14.4. The first kappa shape index (κ1) is 13.8. The van der Waals surface area contributed by atoms with Crippen LogP contribution in [-0.2, 0) is 4.74 Å². The van der Waals surface area contributed by atoms with Crippen molar-refractivity contribution in [3.63, 3.8) is 0 Å². The van der Waals surface area contributed by atoms with Crippen LogP contribution in [0.1, 0.15) is 17.2 Å². The molecule has 0 spiro atoms. The van der Waals surface area contributed by atoms with Gasteiger partial charge in [-0.05, 0) is 11.6 Å². The fourth-order valence-corrected chi connectivity index (χ4v) is 2.00. The summed E-state index contributed by atoms with van der Waals surface area (Å²) in [4.78, 5) is 10.7. The molecule has 0 radical (unpaired) electrons. The lowest BCUT2D eigenvalue weighted by atomic mass is 10.00. The summed E-state index contributed by atoms with van der Waals surface area (Å²) in [5.74, 6) is 2.39. The lowest BCUT2D eigenvalue weighted by Gasteiger charge is -2.17. The van der Waals surface area contributed by atoms with E-state index in [9.17, 15) is 10.1 Å². The number of hydrogen-bond acceptors (Lipinski definition) is 3. The number of terminal acetylenes is 1. The van der Waals surface area contributed by atoms with Gasteiger partial charge < -0.3 is 4.74 Å². The van der Waals surface area contributed by atoms with E-state index in [4.69, 9.17) is 11.2 Å². The number of hydrogen-bond donors (Lipinski definition) is 0. The lowest BCUT2D eigenvalue weighted by molar-refractivity contribution is -0.386. The normalized spacial score (nSPS) is 11.6. The van der Waals surface area contributed by atoms with Gasteiger partial charge in [-0.1, -0.05) is 48.4 Å². The van der Waals surface area contributed by atoms with Crippen LogP contribution >= 0.6 is 0 Å². The first-order valence-electron chi connectivity index (χ1n) is 6.07. The van der Waals surface area contributed by atoms with E-state index in [0.29, 0.717) is 5.56 Å². The zero-order valence-corrected chi connectivity index (χ0v) is 10.7. The van der Waals surface area contributed by atoms with E-state index >= 15 is 0 Å². The molecule has 0 aliphatic rings. The van der Waals surface area contributed by atoms with Gasteiger partial charge >= 0.3 is 0 Å². The lowest BCUT2D eigenvalue weighted by Crippen LogP contribution is -2.09. The highest BCUT2D eigenvalue weighted by Gasteiger charge is 2.23. The van der Waals surface area contributed by atoms with Crippen LogP contribution in [0.4, 0.5) is 5.69 Å². The molecule has 0 amide bonds. The molecule has 1 atom stereocenters. The molecule has 100 valence electrons. The molecule has 0 bridgehead atoms. The van der Waals surface area contributed by atoms with E-state index in [2.05, 4.69) is 5.92 Å². The summed E-state index contributed by atoms with van der Waals surface area (Å²) in [6.45, 7) is 0.0889. The Morgan fingerprint density at radius 2 is 1.80 bits per heavy atom. The van der Waals surface area contributed by atoms with Crippen molar-refractivity contribution < 1.29 is 9.66 Å². The van der Waals surface area contributed by atoms with Crippen molar-refractivity contribution in [3.05, 3.63) is 75.8 Å². The Kier molecular flexibility index (Phi) is 4.48. The molecule has 2 aromatic carbocycles. The topological polar surface area (TPSA) is 52.4 Å². The van der Waals surface area contributed by atoms with Gasteiger partial charge in [-0.2, -0.15) is 0 Å². The molecule has 0 aliphatic carbocycles. The predicted octanol–water partition coefficient (Wildman–Crippen LogP) is 3.33.